The van der Waals surface area contributed by atoms with E-state index in [9.17, 15) is 13.2 Å². The fourth-order valence-corrected chi connectivity index (χ4v) is 3.89. The van der Waals surface area contributed by atoms with E-state index in [0.29, 0.717) is 4.90 Å². The number of thioether (sulfide) groups is 1. The van der Waals surface area contributed by atoms with Crippen molar-refractivity contribution in [1.29, 1.82) is 5.26 Å². The molecule has 2 rings (SSSR count). The Morgan fingerprint density at radius 1 is 1.19 bits per heavy atom. The molecule has 1 aromatic heterocycles. The van der Waals surface area contributed by atoms with Gasteiger partial charge in [0.25, 0.3) is 10.0 Å². The number of benzene rings is 1. The number of urea groups is 1. The number of carbonyl (C=O) groups excluding carboxylic acids is 1. The van der Waals surface area contributed by atoms with Crippen molar-refractivity contribution in [3.63, 3.8) is 0 Å². The van der Waals surface area contributed by atoms with Crippen molar-refractivity contribution in [2.45, 2.75) is 9.79 Å². The predicted molar refractivity (Wildman–Crippen MR) is 95.1 cm³/mol. The third kappa shape index (κ3) is 5.43. The summed E-state index contributed by atoms with van der Waals surface area (Å²) in [6.45, 7) is 0. The molecule has 13 heteroatoms. The first-order valence-corrected chi connectivity index (χ1v) is 9.63. The maximum Gasteiger partial charge on any atom is 0.335 e. The van der Waals surface area contributed by atoms with E-state index < -0.39 is 16.1 Å². The highest BCUT2D eigenvalue weighted by Crippen LogP contribution is 2.26. The monoisotopic (exact) mass is 410 g/mol. The Hall–Kier alpha value is -3.11. The number of hydrogen-bond acceptors (Lipinski definition) is 10. The van der Waals surface area contributed by atoms with Crippen LogP contribution in [0.5, 0.6) is 12.0 Å². The van der Waals surface area contributed by atoms with Crippen LogP contribution < -0.4 is 19.5 Å². The Morgan fingerprint density at radius 2 is 1.81 bits per heavy atom. The van der Waals surface area contributed by atoms with E-state index in [-0.39, 0.29) is 28.6 Å². The number of nitrogens with one attached hydrogen (secondary N) is 2. The van der Waals surface area contributed by atoms with Crippen LogP contribution in [-0.4, -0.2) is 49.4 Å². The third-order valence-electron chi connectivity index (χ3n) is 2.84. The molecular formula is C14H14N6O5S2. The van der Waals surface area contributed by atoms with Crippen LogP contribution in [0.15, 0.2) is 34.1 Å². The minimum atomic E-state index is -4.20. The van der Waals surface area contributed by atoms with Crippen LogP contribution in [0.1, 0.15) is 0 Å². The molecule has 0 aliphatic carbocycles. The molecule has 0 fully saturated rings. The number of amides is 2. The average molecular weight is 410 g/mol. The lowest BCUT2D eigenvalue weighted by molar-refractivity contribution is 0.256. The quantitative estimate of drug-likeness (QED) is 0.631. The van der Waals surface area contributed by atoms with Gasteiger partial charge in [-0.25, -0.2) is 17.9 Å². The second-order valence-corrected chi connectivity index (χ2v) is 7.25. The molecule has 2 aromatic rings. The number of aromatic nitrogens is 3. The van der Waals surface area contributed by atoms with Crippen molar-refractivity contribution < 1.29 is 22.7 Å². The topological polar surface area (TPSA) is 156 Å². The largest absolute Gasteiger partial charge is 0.467 e. The van der Waals surface area contributed by atoms with Crippen LogP contribution in [0.25, 0.3) is 0 Å². The SMILES string of the molecule is COc1nc(NC(=O)NS(=O)(=O)c2ccccc2SCC#N)nc(OC)n1. The minimum absolute atomic E-state index is 0.0587. The Morgan fingerprint density at radius 3 is 2.41 bits per heavy atom. The lowest BCUT2D eigenvalue weighted by Crippen LogP contribution is -2.35. The summed E-state index contributed by atoms with van der Waals surface area (Å²) in [6.07, 6.45) is 0. The van der Waals surface area contributed by atoms with Crippen molar-refractivity contribution in [3.05, 3.63) is 24.3 Å². The molecule has 2 amide bonds. The van der Waals surface area contributed by atoms with Crippen LogP contribution in [0.3, 0.4) is 0 Å². The molecule has 0 aliphatic heterocycles. The van der Waals surface area contributed by atoms with E-state index in [2.05, 4.69) is 20.3 Å². The van der Waals surface area contributed by atoms with Gasteiger partial charge >= 0.3 is 18.1 Å². The summed E-state index contributed by atoms with van der Waals surface area (Å²) in [4.78, 5) is 23.6. The highest BCUT2D eigenvalue weighted by Gasteiger charge is 2.22. The van der Waals surface area contributed by atoms with Gasteiger partial charge in [0.15, 0.2) is 0 Å². The van der Waals surface area contributed by atoms with E-state index >= 15 is 0 Å². The second kappa shape index (κ2) is 9.01. The second-order valence-electron chi connectivity index (χ2n) is 4.59. The van der Waals surface area contributed by atoms with Gasteiger partial charge in [-0.3, -0.25) is 5.32 Å². The molecule has 0 saturated carbocycles. The van der Waals surface area contributed by atoms with Crippen molar-refractivity contribution in [2.24, 2.45) is 0 Å². The predicted octanol–water partition coefficient (Wildman–Crippen LogP) is 1.01. The molecule has 27 heavy (non-hydrogen) atoms. The smallest absolute Gasteiger partial charge is 0.335 e. The summed E-state index contributed by atoms with van der Waals surface area (Å²) >= 11 is 1.04. The molecule has 0 atom stereocenters. The Bertz CT molecular complexity index is 954. The number of nitrogens with zero attached hydrogens (tertiary/aromatic N) is 4. The standard InChI is InChI=1S/C14H14N6O5S2/c1-24-13-17-11(18-14(19-13)25-2)16-12(21)20-27(22,23)10-6-4-3-5-9(10)26-8-7-15/h3-6H,8H2,1-2H3,(H2,16,17,18,19,20,21). The molecule has 11 nitrogen and oxygen atoms in total. The number of nitriles is 1. The normalized spacial score (nSPS) is 10.6. The molecule has 0 aliphatic rings. The number of sulfonamides is 1. The van der Waals surface area contributed by atoms with Gasteiger partial charge in [0, 0.05) is 4.90 Å². The van der Waals surface area contributed by atoms with E-state index in [4.69, 9.17) is 14.7 Å². The number of ether oxygens (including phenoxy) is 2. The Kier molecular flexibility index (Phi) is 6.74. The van der Waals surface area contributed by atoms with Gasteiger partial charge < -0.3 is 9.47 Å². The van der Waals surface area contributed by atoms with E-state index in [0.717, 1.165) is 11.8 Å². The maximum atomic E-state index is 12.5. The van der Waals surface area contributed by atoms with Crippen LogP contribution in [0, 0.1) is 11.3 Å². The summed E-state index contributed by atoms with van der Waals surface area (Å²) in [5, 5.41) is 10.8. The van der Waals surface area contributed by atoms with E-state index in [1.165, 1.54) is 32.4 Å². The molecule has 142 valence electrons. The molecular weight excluding hydrogens is 396 g/mol. The van der Waals surface area contributed by atoms with Crippen molar-refractivity contribution in [3.8, 4) is 18.1 Å². The highest BCUT2D eigenvalue weighted by molar-refractivity contribution is 8.00. The molecule has 1 aromatic carbocycles. The first-order chi connectivity index (χ1) is 12.9. The lowest BCUT2D eigenvalue weighted by Gasteiger charge is -2.11. The summed E-state index contributed by atoms with van der Waals surface area (Å²) < 4.78 is 36.5. The summed E-state index contributed by atoms with van der Waals surface area (Å²) in [6, 6.07) is 6.56. The lowest BCUT2D eigenvalue weighted by atomic mass is 10.4. The fourth-order valence-electron chi connectivity index (χ4n) is 1.78. The first-order valence-electron chi connectivity index (χ1n) is 7.16. The van der Waals surface area contributed by atoms with Crippen molar-refractivity contribution in [1.82, 2.24) is 19.7 Å². The fraction of sp³-hybridized carbons (Fsp3) is 0.214. The molecule has 0 bridgehead atoms. The molecule has 0 radical (unpaired) electrons. The number of anilines is 1. The molecule has 2 N–H and O–H groups in total. The van der Waals surface area contributed by atoms with Gasteiger partial charge in [0.2, 0.25) is 5.95 Å². The number of carbonyl (C=O) groups is 1. The van der Waals surface area contributed by atoms with Crippen molar-refractivity contribution >= 4 is 33.8 Å². The zero-order valence-corrected chi connectivity index (χ0v) is 15.8. The van der Waals surface area contributed by atoms with Gasteiger partial charge in [0.05, 0.1) is 26.0 Å². The van der Waals surface area contributed by atoms with Crippen LogP contribution in [0.2, 0.25) is 0 Å². The van der Waals surface area contributed by atoms with E-state index in [1.807, 2.05) is 10.8 Å². The van der Waals surface area contributed by atoms with Crippen LogP contribution >= 0.6 is 11.8 Å². The highest BCUT2D eigenvalue weighted by atomic mass is 32.2. The van der Waals surface area contributed by atoms with Gasteiger partial charge in [-0.2, -0.15) is 15.2 Å². The maximum absolute atomic E-state index is 12.5. The first kappa shape index (κ1) is 20.2. The van der Waals surface area contributed by atoms with Gasteiger partial charge in [0.1, 0.15) is 4.90 Å². The summed E-state index contributed by atoms with van der Waals surface area (Å²) in [5.74, 6) is -0.207. The molecule has 0 saturated heterocycles. The van der Waals surface area contributed by atoms with E-state index in [1.54, 1.807) is 6.07 Å². The number of hydrogen-bond donors (Lipinski definition) is 2. The minimum Gasteiger partial charge on any atom is -0.467 e. The molecule has 1 heterocycles. The Balaban J connectivity index is 2.19. The zero-order chi connectivity index (χ0) is 19.9. The molecule has 0 spiro atoms. The summed E-state index contributed by atoms with van der Waals surface area (Å²) in [5.41, 5.74) is 0. The third-order valence-corrected chi connectivity index (χ3v) is 5.30. The summed E-state index contributed by atoms with van der Waals surface area (Å²) in [7, 11) is -1.59. The van der Waals surface area contributed by atoms with Gasteiger partial charge in [-0.05, 0) is 12.1 Å². The average Bonchev–Trinajstić information content (AvgIpc) is 2.65. The Labute approximate surface area is 159 Å². The zero-order valence-electron chi connectivity index (χ0n) is 14.2. The van der Waals surface area contributed by atoms with Crippen LogP contribution in [-0.2, 0) is 10.0 Å². The number of methoxy groups -OCH3 is 2. The molecule has 0 unspecified atom stereocenters. The van der Waals surface area contributed by atoms with Crippen LogP contribution in [0.4, 0.5) is 10.7 Å². The van der Waals surface area contributed by atoms with Gasteiger partial charge in [-0.1, -0.05) is 12.1 Å². The van der Waals surface area contributed by atoms with Gasteiger partial charge in [-0.15, -0.1) is 16.7 Å². The van der Waals surface area contributed by atoms with Crippen molar-refractivity contribution in [2.75, 3.05) is 25.3 Å². The number of rotatable bonds is 7.